The molecule has 3 aromatic rings. The molecule has 1 aliphatic heterocycles. The zero-order chi connectivity index (χ0) is 18.6. The molecular weight excluding hydrogens is 361 g/mol. The van der Waals surface area contributed by atoms with Gasteiger partial charge in [0.2, 0.25) is 0 Å². The molecule has 2 atom stereocenters. The molecule has 0 saturated heterocycles. The van der Waals surface area contributed by atoms with Gasteiger partial charge in [-0.15, -0.1) is 0 Å². The minimum absolute atomic E-state index is 0.204. The van der Waals surface area contributed by atoms with Crippen molar-refractivity contribution in [3.63, 3.8) is 0 Å². The maximum atomic E-state index is 14.0. The van der Waals surface area contributed by atoms with E-state index in [0.29, 0.717) is 5.56 Å². The molecule has 0 spiro atoms. The number of aromatic nitrogens is 1. The number of hydrogen-bond acceptors (Lipinski definition) is 5. The van der Waals surface area contributed by atoms with Crippen LogP contribution in [0.5, 0.6) is 0 Å². The Labute approximate surface area is 160 Å². The first-order chi connectivity index (χ1) is 13.2. The molecule has 0 fully saturated rings. The number of pyridine rings is 1. The van der Waals surface area contributed by atoms with Gasteiger partial charge in [0.25, 0.3) is 0 Å². The fraction of sp³-hybridized carbons (Fsp3) is 0.143. The summed E-state index contributed by atoms with van der Waals surface area (Å²) in [6.45, 7) is -0.204. The number of thioether (sulfide) groups is 1. The summed E-state index contributed by atoms with van der Waals surface area (Å²) in [4.78, 5) is 9.76. The highest BCUT2D eigenvalue weighted by Crippen LogP contribution is 2.30. The highest BCUT2D eigenvalue weighted by atomic mass is 32.2. The highest BCUT2D eigenvalue weighted by Gasteiger charge is 2.22. The van der Waals surface area contributed by atoms with E-state index in [1.54, 1.807) is 30.6 Å². The highest BCUT2D eigenvalue weighted by molar-refractivity contribution is 8.04. The van der Waals surface area contributed by atoms with Crippen LogP contribution in [0.15, 0.2) is 70.7 Å². The lowest BCUT2D eigenvalue weighted by molar-refractivity contribution is 0.240. The summed E-state index contributed by atoms with van der Waals surface area (Å²) >= 11 is 1.53. The summed E-state index contributed by atoms with van der Waals surface area (Å²) in [7, 11) is 0. The van der Waals surface area contributed by atoms with E-state index in [-0.39, 0.29) is 17.9 Å². The first-order valence-corrected chi connectivity index (χ1v) is 9.48. The van der Waals surface area contributed by atoms with Crippen molar-refractivity contribution in [2.45, 2.75) is 11.5 Å². The number of allylic oxidation sites excluding steroid dienone is 1. The standard InChI is InChI=1S/C21H18FN3OS/c22-18-6-2-1-5-17(18)20(13-26)25-21-24-12-16(27-21)11-14-7-8-19-15(10-14)4-3-9-23-19/h1-12,20-21,25-26H,13H2/b16-11-. The SMILES string of the molecule is OCC(NC1N=C/C(=C/c2ccc3ncccc3c2)S1)c1ccccc1F. The summed E-state index contributed by atoms with van der Waals surface area (Å²) in [6, 6.07) is 16.0. The lowest BCUT2D eigenvalue weighted by atomic mass is 10.1. The molecule has 1 aliphatic rings. The normalized spacial score (nSPS) is 19.0. The molecule has 136 valence electrons. The summed E-state index contributed by atoms with van der Waals surface area (Å²) < 4.78 is 14.0. The van der Waals surface area contributed by atoms with Gasteiger partial charge in [0.05, 0.1) is 18.2 Å². The van der Waals surface area contributed by atoms with Gasteiger partial charge < -0.3 is 5.11 Å². The number of aliphatic imine (C=N–C) groups is 1. The fourth-order valence-electron chi connectivity index (χ4n) is 3.00. The number of hydrogen-bond donors (Lipinski definition) is 2. The van der Waals surface area contributed by atoms with E-state index < -0.39 is 6.04 Å². The molecule has 0 aliphatic carbocycles. The Morgan fingerprint density at radius 3 is 2.93 bits per heavy atom. The number of aliphatic hydroxyl groups is 1. The third-order valence-corrected chi connectivity index (χ3v) is 5.30. The first-order valence-electron chi connectivity index (χ1n) is 8.60. The van der Waals surface area contributed by atoms with Crippen molar-refractivity contribution in [3.8, 4) is 0 Å². The van der Waals surface area contributed by atoms with Gasteiger partial charge in [0, 0.05) is 28.3 Å². The average Bonchev–Trinajstić information content (AvgIpc) is 3.13. The molecule has 2 aromatic carbocycles. The van der Waals surface area contributed by atoms with Crippen LogP contribution < -0.4 is 5.32 Å². The molecule has 4 nitrogen and oxygen atoms in total. The van der Waals surface area contributed by atoms with Crippen LogP contribution in [0.1, 0.15) is 17.2 Å². The molecule has 2 heterocycles. The van der Waals surface area contributed by atoms with E-state index in [0.717, 1.165) is 21.4 Å². The molecule has 0 saturated carbocycles. The van der Waals surface area contributed by atoms with Gasteiger partial charge in [-0.1, -0.05) is 42.1 Å². The summed E-state index contributed by atoms with van der Waals surface area (Å²) in [5.74, 6) is -0.337. The smallest absolute Gasteiger partial charge is 0.151 e. The lowest BCUT2D eigenvalue weighted by Gasteiger charge is -2.20. The van der Waals surface area contributed by atoms with Crippen molar-refractivity contribution >= 4 is 35.0 Å². The van der Waals surface area contributed by atoms with Gasteiger partial charge in [0.15, 0.2) is 5.50 Å². The van der Waals surface area contributed by atoms with Gasteiger partial charge >= 0.3 is 0 Å². The predicted molar refractivity (Wildman–Crippen MR) is 109 cm³/mol. The second kappa shape index (κ2) is 8.00. The van der Waals surface area contributed by atoms with Crippen LogP contribution in [0.4, 0.5) is 4.39 Å². The third-order valence-electron chi connectivity index (χ3n) is 4.33. The van der Waals surface area contributed by atoms with Crippen molar-refractivity contribution < 1.29 is 9.50 Å². The number of nitrogens with one attached hydrogen (secondary N) is 1. The van der Waals surface area contributed by atoms with Crippen molar-refractivity contribution in [2.75, 3.05) is 6.61 Å². The Kier molecular flexibility index (Phi) is 5.29. The second-order valence-corrected chi connectivity index (χ2v) is 7.33. The van der Waals surface area contributed by atoms with Crippen LogP contribution in [-0.2, 0) is 0 Å². The molecule has 2 unspecified atom stereocenters. The Morgan fingerprint density at radius 2 is 2.07 bits per heavy atom. The summed E-state index contributed by atoms with van der Waals surface area (Å²) in [6.07, 6.45) is 5.63. The fourth-order valence-corrected chi connectivity index (χ4v) is 3.94. The largest absolute Gasteiger partial charge is 0.394 e. The molecule has 0 bridgehead atoms. The van der Waals surface area contributed by atoms with Gasteiger partial charge in [0.1, 0.15) is 5.82 Å². The molecule has 27 heavy (non-hydrogen) atoms. The Balaban J connectivity index is 1.47. The van der Waals surface area contributed by atoms with Gasteiger partial charge in [-0.2, -0.15) is 0 Å². The Bertz CT molecular complexity index is 1020. The zero-order valence-electron chi connectivity index (χ0n) is 14.4. The van der Waals surface area contributed by atoms with Crippen LogP contribution in [-0.4, -0.2) is 28.4 Å². The topological polar surface area (TPSA) is 57.5 Å². The Morgan fingerprint density at radius 1 is 1.19 bits per heavy atom. The zero-order valence-corrected chi connectivity index (χ0v) is 15.2. The quantitative estimate of drug-likeness (QED) is 0.700. The summed E-state index contributed by atoms with van der Waals surface area (Å²) in [5, 5.41) is 13.9. The summed E-state index contributed by atoms with van der Waals surface area (Å²) in [5.41, 5.74) is 2.20. The third kappa shape index (κ3) is 4.08. The maximum absolute atomic E-state index is 14.0. The van der Waals surface area contributed by atoms with Gasteiger partial charge in [-0.05, 0) is 35.9 Å². The van der Waals surface area contributed by atoms with Crippen molar-refractivity contribution in [3.05, 3.63) is 82.6 Å². The molecular formula is C21H18FN3OS. The van der Waals surface area contributed by atoms with Gasteiger partial charge in [-0.25, -0.2) is 4.39 Å². The second-order valence-electron chi connectivity index (χ2n) is 6.17. The first kappa shape index (κ1) is 17.9. The molecule has 1 aromatic heterocycles. The van der Waals surface area contributed by atoms with Crippen LogP contribution in [0.3, 0.4) is 0 Å². The minimum Gasteiger partial charge on any atom is -0.394 e. The van der Waals surface area contributed by atoms with Crippen molar-refractivity contribution in [2.24, 2.45) is 4.99 Å². The number of fused-ring (bicyclic) bond motifs is 1. The van der Waals surface area contributed by atoms with Crippen LogP contribution in [0, 0.1) is 5.82 Å². The molecule has 4 rings (SSSR count). The minimum atomic E-state index is -0.507. The van der Waals surface area contributed by atoms with Crippen LogP contribution in [0.2, 0.25) is 0 Å². The number of nitrogens with zero attached hydrogens (tertiary/aromatic N) is 2. The monoisotopic (exact) mass is 379 g/mol. The van der Waals surface area contributed by atoms with Crippen molar-refractivity contribution in [1.29, 1.82) is 0 Å². The van der Waals surface area contributed by atoms with E-state index in [1.807, 2.05) is 24.3 Å². The number of aliphatic hydroxyl groups excluding tert-OH is 1. The number of halogens is 1. The maximum Gasteiger partial charge on any atom is 0.151 e. The van der Waals surface area contributed by atoms with E-state index in [4.69, 9.17) is 0 Å². The Hall–Kier alpha value is -2.54. The molecule has 0 radical (unpaired) electrons. The van der Waals surface area contributed by atoms with E-state index >= 15 is 0 Å². The van der Waals surface area contributed by atoms with E-state index in [9.17, 15) is 9.50 Å². The predicted octanol–water partition coefficient (Wildman–Crippen LogP) is 4.14. The molecule has 2 N–H and O–H groups in total. The van der Waals surface area contributed by atoms with E-state index in [2.05, 4.69) is 27.4 Å². The molecule has 0 amide bonds. The number of benzene rings is 2. The lowest BCUT2D eigenvalue weighted by Crippen LogP contribution is -2.30. The van der Waals surface area contributed by atoms with Gasteiger partial charge in [-0.3, -0.25) is 15.3 Å². The van der Waals surface area contributed by atoms with Crippen LogP contribution in [0.25, 0.3) is 17.0 Å². The van der Waals surface area contributed by atoms with E-state index in [1.165, 1.54) is 17.8 Å². The average molecular weight is 379 g/mol. The van der Waals surface area contributed by atoms with Crippen LogP contribution >= 0.6 is 11.8 Å². The molecule has 6 heteroatoms. The van der Waals surface area contributed by atoms with Crippen molar-refractivity contribution in [1.82, 2.24) is 10.3 Å². The number of rotatable bonds is 5.